The van der Waals surface area contributed by atoms with Crippen LogP contribution in [0.4, 0.5) is 10.1 Å². The first kappa shape index (κ1) is 17.2. The molecule has 130 valence electrons. The van der Waals surface area contributed by atoms with Gasteiger partial charge in [-0.15, -0.1) is 0 Å². The van der Waals surface area contributed by atoms with Crippen LogP contribution >= 0.6 is 0 Å². The predicted molar refractivity (Wildman–Crippen MR) is 94.7 cm³/mol. The van der Waals surface area contributed by atoms with E-state index in [0.29, 0.717) is 16.8 Å². The second-order valence-electron chi connectivity index (χ2n) is 5.58. The molecule has 3 rings (SSSR count). The van der Waals surface area contributed by atoms with E-state index in [9.17, 15) is 18.8 Å². The predicted octanol–water partition coefficient (Wildman–Crippen LogP) is 3.03. The van der Waals surface area contributed by atoms with E-state index in [1.54, 1.807) is 24.3 Å². The van der Waals surface area contributed by atoms with Gasteiger partial charge in [0, 0.05) is 16.8 Å². The number of rotatable bonds is 4. The number of aromatic nitrogens is 2. The van der Waals surface area contributed by atoms with Gasteiger partial charge >= 0.3 is 5.69 Å². The smallest absolute Gasteiger partial charge is 0.321 e. The molecule has 0 unspecified atom stereocenters. The lowest BCUT2D eigenvalue weighted by Gasteiger charge is -2.07. The largest absolute Gasteiger partial charge is 0.346 e. The van der Waals surface area contributed by atoms with E-state index in [-0.39, 0.29) is 17.2 Å². The molecule has 3 aromatic rings. The van der Waals surface area contributed by atoms with Crippen molar-refractivity contribution in [2.24, 2.45) is 0 Å². The zero-order valence-corrected chi connectivity index (χ0v) is 13.7. The van der Waals surface area contributed by atoms with Crippen LogP contribution < -0.4 is 11.0 Å². The number of H-pyrrole nitrogens is 1. The zero-order valence-electron chi connectivity index (χ0n) is 13.7. The first-order valence-corrected chi connectivity index (χ1v) is 7.72. The Hall–Kier alpha value is -3.61. The molecule has 0 bridgehead atoms. The fraction of sp³-hybridized carbons (Fsp3) is 0.0526. The average Bonchev–Trinajstić information content (AvgIpc) is 2.62. The summed E-state index contributed by atoms with van der Waals surface area (Å²) in [6.07, 6.45) is 0. The summed E-state index contributed by atoms with van der Waals surface area (Å²) in [7, 11) is 0. The molecule has 26 heavy (non-hydrogen) atoms. The van der Waals surface area contributed by atoms with Gasteiger partial charge in [0.15, 0.2) is 5.78 Å². The third-order valence-corrected chi connectivity index (χ3v) is 3.66. The Bertz CT molecular complexity index is 1040. The maximum atomic E-state index is 13.0. The first-order chi connectivity index (χ1) is 12.4. The van der Waals surface area contributed by atoms with Crippen LogP contribution in [0.25, 0.3) is 11.3 Å². The molecule has 0 aliphatic carbocycles. The Morgan fingerprint density at radius 2 is 1.81 bits per heavy atom. The maximum absolute atomic E-state index is 13.0. The molecule has 1 amide bonds. The van der Waals surface area contributed by atoms with Gasteiger partial charge in [-0.05, 0) is 49.4 Å². The van der Waals surface area contributed by atoms with Crippen molar-refractivity contribution in [2.45, 2.75) is 6.92 Å². The lowest BCUT2D eigenvalue weighted by molar-refractivity contribution is 0.100. The van der Waals surface area contributed by atoms with Crippen molar-refractivity contribution in [3.63, 3.8) is 0 Å². The topological polar surface area (TPSA) is 91.9 Å². The maximum Gasteiger partial charge on any atom is 0.346 e. The molecule has 2 aromatic carbocycles. The lowest BCUT2D eigenvalue weighted by Crippen LogP contribution is -2.21. The summed E-state index contributed by atoms with van der Waals surface area (Å²) in [5.74, 6) is -1.10. The molecule has 0 atom stereocenters. The fourth-order valence-electron chi connectivity index (χ4n) is 2.36. The number of amides is 1. The van der Waals surface area contributed by atoms with Crippen molar-refractivity contribution in [1.29, 1.82) is 0 Å². The van der Waals surface area contributed by atoms with E-state index in [4.69, 9.17) is 0 Å². The molecule has 0 aliphatic heterocycles. The molecule has 0 spiro atoms. The van der Waals surface area contributed by atoms with Crippen LogP contribution in [-0.2, 0) is 0 Å². The van der Waals surface area contributed by atoms with Gasteiger partial charge < -0.3 is 10.3 Å². The molecule has 1 heterocycles. The van der Waals surface area contributed by atoms with Gasteiger partial charge in [-0.2, -0.15) is 4.98 Å². The van der Waals surface area contributed by atoms with E-state index in [1.165, 1.54) is 37.3 Å². The van der Waals surface area contributed by atoms with Gasteiger partial charge in [-0.1, -0.05) is 12.1 Å². The Labute approximate surface area is 147 Å². The summed E-state index contributed by atoms with van der Waals surface area (Å²) in [6, 6.07) is 13.3. The van der Waals surface area contributed by atoms with E-state index < -0.39 is 17.4 Å². The minimum Gasteiger partial charge on any atom is -0.321 e. The molecule has 0 aliphatic rings. The number of nitrogens with one attached hydrogen (secondary N) is 2. The van der Waals surface area contributed by atoms with Crippen molar-refractivity contribution in [3.8, 4) is 11.3 Å². The molecule has 7 heteroatoms. The summed E-state index contributed by atoms with van der Waals surface area (Å²) >= 11 is 0. The molecule has 0 saturated heterocycles. The van der Waals surface area contributed by atoms with Gasteiger partial charge in [0.25, 0.3) is 5.91 Å². The van der Waals surface area contributed by atoms with Crippen LogP contribution in [0.3, 0.4) is 0 Å². The first-order valence-electron chi connectivity index (χ1n) is 7.72. The summed E-state index contributed by atoms with van der Waals surface area (Å²) in [5, 5.41) is 2.62. The van der Waals surface area contributed by atoms with Crippen molar-refractivity contribution in [2.75, 3.05) is 5.32 Å². The molecule has 0 saturated carbocycles. The van der Waals surface area contributed by atoms with Crippen molar-refractivity contribution in [3.05, 3.63) is 82.2 Å². The van der Waals surface area contributed by atoms with Crippen LogP contribution in [-0.4, -0.2) is 21.7 Å². The van der Waals surface area contributed by atoms with Crippen LogP contribution in [0.2, 0.25) is 0 Å². The highest BCUT2D eigenvalue weighted by atomic mass is 19.1. The van der Waals surface area contributed by atoms with Gasteiger partial charge in [-0.25, -0.2) is 9.18 Å². The van der Waals surface area contributed by atoms with E-state index in [1.807, 2.05) is 0 Å². The molecule has 0 fully saturated rings. The molecular weight excluding hydrogens is 337 g/mol. The zero-order chi connectivity index (χ0) is 18.7. The third-order valence-electron chi connectivity index (χ3n) is 3.66. The quantitative estimate of drug-likeness (QED) is 0.707. The number of hydrogen-bond donors (Lipinski definition) is 2. The van der Waals surface area contributed by atoms with Gasteiger partial charge in [0.2, 0.25) is 0 Å². The number of halogens is 1. The van der Waals surface area contributed by atoms with Crippen molar-refractivity contribution >= 4 is 17.4 Å². The van der Waals surface area contributed by atoms with Crippen LogP contribution in [0, 0.1) is 5.82 Å². The molecular formula is C19H14FN3O3. The average molecular weight is 351 g/mol. The number of benzene rings is 2. The van der Waals surface area contributed by atoms with Gasteiger partial charge in [0.1, 0.15) is 11.5 Å². The second kappa shape index (κ2) is 7.10. The summed E-state index contributed by atoms with van der Waals surface area (Å²) in [4.78, 5) is 41.8. The standard InChI is InChI=1S/C19H14FN3O3/c1-11(24)13-3-2-4-15(9-13)21-18(25)17-10-16(22-19(26)23-17)12-5-7-14(20)8-6-12/h2-10H,1H3,(H,21,25)(H,22,23,26). The van der Waals surface area contributed by atoms with Crippen LogP contribution in [0.5, 0.6) is 0 Å². The minimum atomic E-state index is -0.700. The molecule has 1 aromatic heterocycles. The SMILES string of the molecule is CC(=O)c1cccc(NC(=O)c2cc(-c3ccc(F)cc3)nc(=O)[nH]2)c1. The Balaban J connectivity index is 1.90. The van der Waals surface area contributed by atoms with Crippen molar-refractivity contribution in [1.82, 2.24) is 9.97 Å². The lowest BCUT2D eigenvalue weighted by atomic mass is 10.1. The Morgan fingerprint density at radius 3 is 2.50 bits per heavy atom. The number of nitrogens with zero attached hydrogens (tertiary/aromatic N) is 1. The highest BCUT2D eigenvalue weighted by molar-refractivity contribution is 6.04. The number of hydrogen-bond acceptors (Lipinski definition) is 4. The summed E-state index contributed by atoms with van der Waals surface area (Å²) in [5.41, 5.74) is 0.926. The van der Waals surface area contributed by atoms with Crippen LogP contribution in [0.1, 0.15) is 27.8 Å². The number of carbonyl (C=O) groups excluding carboxylic acids is 2. The summed E-state index contributed by atoms with van der Waals surface area (Å²) < 4.78 is 13.0. The number of aromatic amines is 1. The fourth-order valence-corrected chi connectivity index (χ4v) is 2.36. The van der Waals surface area contributed by atoms with Gasteiger partial charge in [0.05, 0.1) is 5.69 Å². The van der Waals surface area contributed by atoms with Crippen LogP contribution in [0.15, 0.2) is 59.4 Å². The highest BCUT2D eigenvalue weighted by Crippen LogP contribution is 2.17. The highest BCUT2D eigenvalue weighted by Gasteiger charge is 2.12. The minimum absolute atomic E-state index is 0.00227. The Kier molecular flexibility index (Phi) is 4.70. The number of anilines is 1. The molecule has 2 N–H and O–H groups in total. The monoisotopic (exact) mass is 351 g/mol. The van der Waals surface area contributed by atoms with Crippen molar-refractivity contribution < 1.29 is 14.0 Å². The molecule has 0 radical (unpaired) electrons. The van der Waals surface area contributed by atoms with Gasteiger partial charge in [-0.3, -0.25) is 9.59 Å². The summed E-state index contributed by atoms with van der Waals surface area (Å²) in [6.45, 7) is 1.43. The number of Topliss-reactive ketones (excluding diaryl/α,β-unsaturated/α-hetero) is 1. The second-order valence-corrected chi connectivity index (χ2v) is 5.58. The van der Waals surface area contributed by atoms with E-state index >= 15 is 0 Å². The molecule has 6 nitrogen and oxygen atoms in total. The van der Waals surface area contributed by atoms with E-state index in [0.717, 1.165) is 0 Å². The Morgan fingerprint density at radius 1 is 1.08 bits per heavy atom. The normalized spacial score (nSPS) is 10.4. The number of ketones is 1. The van der Waals surface area contributed by atoms with E-state index in [2.05, 4.69) is 15.3 Å². The number of carbonyl (C=O) groups is 2. The third kappa shape index (κ3) is 3.89.